The first kappa shape index (κ1) is 17.6. The van der Waals surface area contributed by atoms with E-state index in [1.54, 1.807) is 12.5 Å². The van der Waals surface area contributed by atoms with Crippen LogP contribution < -0.4 is 0 Å². The van der Waals surface area contributed by atoms with Crippen LogP contribution in [0.2, 0.25) is 0 Å². The number of ether oxygens (including phenoxy) is 2. The van der Waals surface area contributed by atoms with E-state index in [1.165, 1.54) is 12.8 Å². The van der Waals surface area contributed by atoms with Gasteiger partial charge < -0.3 is 9.47 Å². The molecule has 0 aromatic rings. The van der Waals surface area contributed by atoms with Crippen LogP contribution in [0.15, 0.2) is 11.6 Å². The molecule has 0 bridgehead atoms. The molecule has 4 rings (SSSR count). The van der Waals surface area contributed by atoms with Crippen LogP contribution in [0.1, 0.15) is 73.6 Å². The molecular formula is C22H34O3. The van der Waals surface area contributed by atoms with E-state index in [4.69, 9.17) is 9.47 Å². The number of hydrogen-bond donors (Lipinski definition) is 0. The van der Waals surface area contributed by atoms with Gasteiger partial charge in [-0.2, -0.15) is 0 Å². The molecule has 0 N–H and O–H groups in total. The average Bonchev–Trinajstić information content (AvgIpc) is 2.97. The standard InChI is InChI=1S/C22H34O3/c1-13(2)15-7-9-21(5)17(24-14(3)23)11-20(4)12-18-22(6,25-18)10-8-16(20)19(15)21/h7,13,16-19H,8-12H2,1-6H3. The molecule has 1 saturated heterocycles. The zero-order chi connectivity index (χ0) is 18.2. The molecule has 0 spiro atoms. The van der Waals surface area contributed by atoms with Crippen molar-refractivity contribution in [2.45, 2.75) is 91.5 Å². The minimum atomic E-state index is -0.133. The van der Waals surface area contributed by atoms with E-state index < -0.39 is 0 Å². The van der Waals surface area contributed by atoms with Gasteiger partial charge in [0, 0.05) is 12.3 Å². The summed E-state index contributed by atoms with van der Waals surface area (Å²) >= 11 is 0. The molecule has 4 aliphatic rings. The molecule has 0 aromatic carbocycles. The number of esters is 1. The summed E-state index contributed by atoms with van der Waals surface area (Å²) in [7, 11) is 0. The highest BCUT2D eigenvalue weighted by Gasteiger charge is 2.65. The molecule has 0 radical (unpaired) electrons. The second-order valence-corrected chi connectivity index (χ2v) is 10.3. The number of hydrogen-bond acceptors (Lipinski definition) is 3. The van der Waals surface area contributed by atoms with Crippen molar-refractivity contribution in [3.63, 3.8) is 0 Å². The highest BCUT2D eigenvalue weighted by molar-refractivity contribution is 5.66. The van der Waals surface area contributed by atoms with Gasteiger partial charge >= 0.3 is 5.97 Å². The van der Waals surface area contributed by atoms with Crippen LogP contribution in [0.25, 0.3) is 0 Å². The van der Waals surface area contributed by atoms with Gasteiger partial charge in [0.25, 0.3) is 0 Å². The lowest BCUT2D eigenvalue weighted by atomic mass is 9.50. The van der Waals surface area contributed by atoms with Crippen LogP contribution in [0, 0.1) is 28.6 Å². The molecule has 2 saturated carbocycles. The summed E-state index contributed by atoms with van der Waals surface area (Å²) in [5.41, 5.74) is 1.97. The van der Waals surface area contributed by atoms with E-state index in [1.807, 2.05) is 0 Å². The third kappa shape index (κ3) is 2.52. The van der Waals surface area contributed by atoms with Crippen molar-refractivity contribution in [2.75, 3.05) is 0 Å². The summed E-state index contributed by atoms with van der Waals surface area (Å²) in [6, 6.07) is 0. The Labute approximate surface area is 152 Å². The summed E-state index contributed by atoms with van der Waals surface area (Å²) in [6.45, 7) is 13.3. The Morgan fingerprint density at radius 2 is 2.00 bits per heavy atom. The first-order valence-corrected chi connectivity index (χ1v) is 10.1. The molecule has 7 atom stereocenters. The molecule has 3 fully saturated rings. The maximum atomic E-state index is 11.9. The van der Waals surface area contributed by atoms with Crippen LogP contribution in [0.3, 0.4) is 0 Å². The zero-order valence-corrected chi connectivity index (χ0v) is 16.7. The van der Waals surface area contributed by atoms with Crippen molar-refractivity contribution >= 4 is 5.97 Å². The number of rotatable bonds is 2. The second kappa shape index (κ2) is 5.34. The fourth-order valence-corrected chi connectivity index (χ4v) is 6.56. The van der Waals surface area contributed by atoms with E-state index >= 15 is 0 Å². The van der Waals surface area contributed by atoms with Crippen LogP contribution >= 0.6 is 0 Å². The summed E-state index contributed by atoms with van der Waals surface area (Å²) in [4.78, 5) is 11.9. The smallest absolute Gasteiger partial charge is 0.302 e. The molecule has 0 amide bonds. The number of carbonyl (C=O) groups is 1. The normalized spacial score (nSPS) is 51.1. The van der Waals surface area contributed by atoms with Crippen LogP contribution in [-0.4, -0.2) is 23.8 Å². The first-order chi connectivity index (χ1) is 11.6. The van der Waals surface area contributed by atoms with Gasteiger partial charge in [0.1, 0.15) is 6.10 Å². The largest absolute Gasteiger partial charge is 0.462 e. The second-order valence-electron chi connectivity index (χ2n) is 10.3. The Morgan fingerprint density at radius 1 is 1.28 bits per heavy atom. The van der Waals surface area contributed by atoms with Crippen molar-refractivity contribution in [1.82, 2.24) is 0 Å². The topological polar surface area (TPSA) is 38.8 Å². The van der Waals surface area contributed by atoms with Crippen LogP contribution in [-0.2, 0) is 14.3 Å². The molecule has 7 unspecified atom stereocenters. The van der Waals surface area contributed by atoms with E-state index in [-0.39, 0.29) is 28.5 Å². The molecule has 3 heteroatoms. The minimum Gasteiger partial charge on any atom is -0.462 e. The fraction of sp³-hybridized carbons (Fsp3) is 0.864. The summed E-state index contributed by atoms with van der Waals surface area (Å²) in [5, 5.41) is 0. The van der Waals surface area contributed by atoms with Crippen molar-refractivity contribution in [3.05, 3.63) is 11.6 Å². The van der Waals surface area contributed by atoms with Gasteiger partial charge in [-0.05, 0) is 62.2 Å². The predicted molar refractivity (Wildman–Crippen MR) is 98.0 cm³/mol. The van der Waals surface area contributed by atoms with Crippen molar-refractivity contribution in [1.29, 1.82) is 0 Å². The summed E-state index contributed by atoms with van der Waals surface area (Å²) < 4.78 is 12.0. The van der Waals surface area contributed by atoms with Crippen molar-refractivity contribution in [2.24, 2.45) is 28.6 Å². The van der Waals surface area contributed by atoms with E-state index in [9.17, 15) is 4.79 Å². The van der Waals surface area contributed by atoms with Crippen LogP contribution in [0.4, 0.5) is 0 Å². The third-order valence-corrected chi connectivity index (χ3v) is 8.15. The van der Waals surface area contributed by atoms with Gasteiger partial charge in [-0.25, -0.2) is 0 Å². The average molecular weight is 347 g/mol. The lowest BCUT2D eigenvalue weighted by Gasteiger charge is -2.56. The molecule has 0 aromatic heterocycles. The quantitative estimate of drug-likeness (QED) is 0.406. The number of carbonyl (C=O) groups excluding carboxylic acids is 1. The molecule has 1 aliphatic heterocycles. The van der Waals surface area contributed by atoms with Gasteiger partial charge in [-0.15, -0.1) is 0 Å². The number of epoxide rings is 1. The molecular weight excluding hydrogens is 312 g/mol. The zero-order valence-electron chi connectivity index (χ0n) is 16.7. The van der Waals surface area contributed by atoms with Gasteiger partial charge in [0.2, 0.25) is 0 Å². The summed E-state index contributed by atoms with van der Waals surface area (Å²) in [5.74, 6) is 1.65. The lowest BCUT2D eigenvalue weighted by Crippen LogP contribution is -2.54. The number of fused-ring (bicyclic) bond motifs is 4. The SMILES string of the molecule is CC(=O)OC1CC2(C)CC3OC3(C)CCC2C2C(C(C)C)=CCC12C. The maximum absolute atomic E-state index is 11.9. The van der Waals surface area contributed by atoms with Crippen molar-refractivity contribution < 1.29 is 14.3 Å². The monoisotopic (exact) mass is 346 g/mol. The van der Waals surface area contributed by atoms with Crippen LogP contribution in [0.5, 0.6) is 0 Å². The Balaban J connectivity index is 1.75. The van der Waals surface area contributed by atoms with E-state index in [0.717, 1.165) is 19.3 Å². The van der Waals surface area contributed by atoms with Gasteiger partial charge in [-0.1, -0.05) is 39.3 Å². The Bertz CT molecular complexity index is 623. The van der Waals surface area contributed by atoms with E-state index in [0.29, 0.717) is 23.9 Å². The van der Waals surface area contributed by atoms with Gasteiger partial charge in [0.05, 0.1) is 11.7 Å². The maximum Gasteiger partial charge on any atom is 0.302 e. The molecule has 25 heavy (non-hydrogen) atoms. The predicted octanol–water partition coefficient (Wildman–Crippen LogP) is 4.89. The van der Waals surface area contributed by atoms with E-state index in [2.05, 4.69) is 40.7 Å². The Hall–Kier alpha value is -0.830. The minimum absolute atomic E-state index is 0.0202. The van der Waals surface area contributed by atoms with Gasteiger partial charge in [0.15, 0.2) is 0 Å². The molecule has 140 valence electrons. The Kier molecular flexibility index (Phi) is 3.76. The highest BCUT2D eigenvalue weighted by atomic mass is 16.6. The van der Waals surface area contributed by atoms with Crippen molar-refractivity contribution in [3.8, 4) is 0 Å². The molecule has 3 nitrogen and oxygen atoms in total. The lowest BCUT2D eigenvalue weighted by molar-refractivity contribution is -0.173. The molecule has 3 aliphatic carbocycles. The summed E-state index contributed by atoms with van der Waals surface area (Å²) in [6.07, 6.45) is 8.45. The number of allylic oxidation sites excluding steroid dienone is 2. The van der Waals surface area contributed by atoms with Gasteiger partial charge in [-0.3, -0.25) is 4.79 Å². The first-order valence-electron chi connectivity index (χ1n) is 10.1. The highest BCUT2D eigenvalue weighted by Crippen LogP contribution is 2.67. The molecule has 1 heterocycles. The Morgan fingerprint density at radius 3 is 2.64 bits per heavy atom. The fourth-order valence-electron chi connectivity index (χ4n) is 6.56. The third-order valence-electron chi connectivity index (χ3n) is 8.15.